The summed E-state index contributed by atoms with van der Waals surface area (Å²) in [7, 11) is 2.01. The lowest BCUT2D eigenvalue weighted by atomic mass is 10.5. The monoisotopic (exact) mass is 138 g/mol. The number of nitrogens with one attached hydrogen (secondary N) is 1. The fraction of sp³-hybridized carbons (Fsp3) is 0.375. The molecule has 0 aromatic rings. The van der Waals surface area contributed by atoms with E-state index in [1.165, 1.54) is 6.21 Å². The molecule has 0 rings (SSSR count). The van der Waals surface area contributed by atoms with Crippen LogP contribution in [0.3, 0.4) is 0 Å². The first-order chi connectivity index (χ1) is 4.81. The van der Waals surface area contributed by atoms with E-state index in [0.717, 1.165) is 6.54 Å². The Morgan fingerprint density at radius 3 is 2.50 bits per heavy atom. The van der Waals surface area contributed by atoms with Crippen molar-refractivity contribution in [1.29, 1.82) is 5.41 Å². The van der Waals surface area contributed by atoms with Crippen molar-refractivity contribution < 1.29 is 0 Å². The molecule has 0 saturated heterocycles. The van der Waals surface area contributed by atoms with Crippen LogP contribution in [0.25, 0.3) is 0 Å². The van der Waals surface area contributed by atoms with Gasteiger partial charge >= 0.3 is 0 Å². The van der Waals surface area contributed by atoms with Crippen molar-refractivity contribution in [3.8, 4) is 0 Å². The lowest BCUT2D eigenvalue weighted by Gasteiger charge is -2.07. The summed E-state index contributed by atoms with van der Waals surface area (Å²) in [5.74, 6) is 0. The van der Waals surface area contributed by atoms with Gasteiger partial charge in [0.1, 0.15) is 0 Å². The number of rotatable bonds is 4. The highest BCUT2D eigenvalue weighted by atomic mass is 15.1. The lowest BCUT2D eigenvalue weighted by Crippen LogP contribution is -2.07. The highest BCUT2D eigenvalue weighted by Crippen LogP contribution is 1.82. The van der Waals surface area contributed by atoms with Gasteiger partial charge in [0.05, 0.1) is 0 Å². The maximum atomic E-state index is 6.67. The molecule has 0 aliphatic carbocycles. The molecule has 56 valence electrons. The number of allylic oxidation sites excluding steroid dienone is 3. The van der Waals surface area contributed by atoms with E-state index in [0.29, 0.717) is 0 Å². The maximum Gasteiger partial charge on any atom is 0.0177 e. The van der Waals surface area contributed by atoms with E-state index in [1.54, 1.807) is 6.08 Å². The zero-order valence-electron chi connectivity index (χ0n) is 6.54. The first-order valence-corrected chi connectivity index (χ1v) is 3.35. The third-order valence-electron chi connectivity index (χ3n) is 1.16. The first-order valence-electron chi connectivity index (χ1n) is 3.35. The minimum atomic E-state index is 1.01. The van der Waals surface area contributed by atoms with Crippen LogP contribution >= 0.6 is 0 Å². The second-order valence-corrected chi connectivity index (χ2v) is 1.97. The Balaban J connectivity index is 3.54. The second kappa shape index (κ2) is 6.08. The molecule has 1 N–H and O–H groups in total. The van der Waals surface area contributed by atoms with Crippen LogP contribution in [0.4, 0.5) is 0 Å². The molecular weight excluding hydrogens is 124 g/mol. The average Bonchev–Trinajstić information content (AvgIpc) is 1.98. The van der Waals surface area contributed by atoms with Gasteiger partial charge in [-0.25, -0.2) is 0 Å². The van der Waals surface area contributed by atoms with Gasteiger partial charge in [0, 0.05) is 19.8 Å². The summed E-state index contributed by atoms with van der Waals surface area (Å²) in [6, 6.07) is 0. The summed E-state index contributed by atoms with van der Waals surface area (Å²) < 4.78 is 0. The van der Waals surface area contributed by atoms with Crippen LogP contribution in [0.1, 0.15) is 6.92 Å². The Kier molecular flexibility index (Phi) is 5.44. The second-order valence-electron chi connectivity index (χ2n) is 1.97. The third-order valence-corrected chi connectivity index (χ3v) is 1.16. The molecule has 0 aromatic heterocycles. The SMILES string of the molecule is CCN(C)/C=C\C=C/C=N. The van der Waals surface area contributed by atoms with Gasteiger partial charge in [0.2, 0.25) is 0 Å². The largest absolute Gasteiger partial charge is 0.381 e. The van der Waals surface area contributed by atoms with Crippen LogP contribution < -0.4 is 0 Å². The van der Waals surface area contributed by atoms with Gasteiger partial charge in [-0.1, -0.05) is 6.08 Å². The minimum absolute atomic E-state index is 1.01. The fourth-order valence-corrected chi connectivity index (χ4v) is 0.422. The molecular formula is C8H14N2. The van der Waals surface area contributed by atoms with Crippen molar-refractivity contribution in [1.82, 2.24) is 4.90 Å². The normalized spacial score (nSPS) is 11.0. The highest BCUT2D eigenvalue weighted by molar-refractivity contribution is 5.67. The van der Waals surface area contributed by atoms with Gasteiger partial charge in [0.15, 0.2) is 0 Å². The summed E-state index contributed by atoms with van der Waals surface area (Å²) >= 11 is 0. The fourth-order valence-electron chi connectivity index (χ4n) is 0.422. The molecule has 0 amide bonds. The molecule has 10 heavy (non-hydrogen) atoms. The van der Waals surface area contributed by atoms with Gasteiger partial charge < -0.3 is 10.3 Å². The Morgan fingerprint density at radius 2 is 2.00 bits per heavy atom. The lowest BCUT2D eigenvalue weighted by molar-refractivity contribution is 0.484. The topological polar surface area (TPSA) is 27.1 Å². The Labute approximate surface area is 62.4 Å². The van der Waals surface area contributed by atoms with E-state index >= 15 is 0 Å². The van der Waals surface area contributed by atoms with E-state index in [4.69, 9.17) is 5.41 Å². The Hall–Kier alpha value is -1.05. The molecule has 2 heteroatoms. The summed E-state index contributed by atoms with van der Waals surface area (Å²) in [5.41, 5.74) is 0. The predicted molar refractivity (Wildman–Crippen MR) is 45.4 cm³/mol. The summed E-state index contributed by atoms with van der Waals surface area (Å²) in [6.45, 7) is 3.10. The van der Waals surface area contributed by atoms with E-state index in [-0.39, 0.29) is 0 Å². The van der Waals surface area contributed by atoms with Crippen molar-refractivity contribution in [3.05, 3.63) is 24.4 Å². The highest BCUT2D eigenvalue weighted by Gasteiger charge is 1.78. The van der Waals surface area contributed by atoms with Gasteiger partial charge in [-0.3, -0.25) is 0 Å². The van der Waals surface area contributed by atoms with Crippen LogP contribution in [0, 0.1) is 5.41 Å². The molecule has 0 bridgehead atoms. The summed E-state index contributed by atoms with van der Waals surface area (Å²) in [4.78, 5) is 2.06. The Morgan fingerprint density at radius 1 is 1.30 bits per heavy atom. The van der Waals surface area contributed by atoms with Crippen LogP contribution in [-0.2, 0) is 0 Å². The van der Waals surface area contributed by atoms with Gasteiger partial charge in [-0.2, -0.15) is 0 Å². The molecule has 0 fully saturated rings. The van der Waals surface area contributed by atoms with Crippen LogP contribution in [0.15, 0.2) is 24.4 Å². The molecule has 0 saturated carbocycles. The molecule has 0 heterocycles. The summed E-state index contributed by atoms with van der Waals surface area (Å²) in [6.07, 6.45) is 8.66. The third kappa shape index (κ3) is 5.09. The van der Waals surface area contributed by atoms with E-state index < -0.39 is 0 Å². The molecule has 0 radical (unpaired) electrons. The standard InChI is InChI=1S/C8H14N2/c1-3-10(2)8-6-4-5-7-9/h4-9H,3H2,1-2H3/b5-4-,8-6-,9-7?. The predicted octanol–water partition coefficient (Wildman–Crippen LogP) is 1.66. The number of hydrogen-bond acceptors (Lipinski definition) is 2. The molecule has 0 aliphatic heterocycles. The van der Waals surface area contributed by atoms with Crippen molar-refractivity contribution in [2.24, 2.45) is 0 Å². The summed E-state index contributed by atoms with van der Waals surface area (Å²) in [5, 5.41) is 6.67. The quantitative estimate of drug-likeness (QED) is 0.464. The first kappa shape index (κ1) is 8.95. The van der Waals surface area contributed by atoms with E-state index in [1.807, 2.05) is 25.4 Å². The van der Waals surface area contributed by atoms with Crippen molar-refractivity contribution in [3.63, 3.8) is 0 Å². The minimum Gasteiger partial charge on any atom is -0.381 e. The van der Waals surface area contributed by atoms with Crippen molar-refractivity contribution in [2.75, 3.05) is 13.6 Å². The maximum absolute atomic E-state index is 6.67. The van der Waals surface area contributed by atoms with Crippen LogP contribution in [0.2, 0.25) is 0 Å². The average molecular weight is 138 g/mol. The van der Waals surface area contributed by atoms with Gasteiger partial charge in [0.25, 0.3) is 0 Å². The van der Waals surface area contributed by atoms with Crippen LogP contribution in [0.5, 0.6) is 0 Å². The Bertz CT molecular complexity index is 136. The van der Waals surface area contributed by atoms with Crippen LogP contribution in [-0.4, -0.2) is 24.7 Å². The van der Waals surface area contributed by atoms with Crippen molar-refractivity contribution >= 4 is 6.21 Å². The molecule has 0 aliphatic rings. The molecule has 2 nitrogen and oxygen atoms in total. The zero-order valence-corrected chi connectivity index (χ0v) is 6.54. The van der Waals surface area contributed by atoms with Gasteiger partial charge in [-0.15, -0.1) is 0 Å². The van der Waals surface area contributed by atoms with Gasteiger partial charge in [-0.05, 0) is 25.3 Å². The molecule has 0 atom stereocenters. The molecule has 0 unspecified atom stereocenters. The van der Waals surface area contributed by atoms with E-state index in [2.05, 4.69) is 11.8 Å². The van der Waals surface area contributed by atoms with Crippen molar-refractivity contribution in [2.45, 2.75) is 6.92 Å². The molecule has 0 aromatic carbocycles. The number of nitrogens with zero attached hydrogens (tertiary/aromatic N) is 1. The zero-order chi connectivity index (χ0) is 7.82. The number of hydrogen-bond donors (Lipinski definition) is 1. The smallest absolute Gasteiger partial charge is 0.0177 e. The van der Waals surface area contributed by atoms with E-state index in [9.17, 15) is 0 Å². The molecule has 0 spiro atoms.